The molecule has 0 amide bonds. The van der Waals surface area contributed by atoms with E-state index in [0.29, 0.717) is 22.7 Å². The third-order valence-corrected chi connectivity index (χ3v) is 4.47. The van der Waals surface area contributed by atoms with Crippen LogP contribution in [-0.4, -0.2) is 23.7 Å². The quantitative estimate of drug-likeness (QED) is 0.525. The number of benzene rings is 1. The van der Waals surface area contributed by atoms with Crippen LogP contribution in [0.5, 0.6) is 5.88 Å². The summed E-state index contributed by atoms with van der Waals surface area (Å²) in [5, 5.41) is 4.00. The lowest BCUT2D eigenvalue weighted by Crippen LogP contribution is -2.23. The minimum Gasteiger partial charge on any atom is -0.471 e. The molecule has 0 bridgehead atoms. The highest BCUT2D eigenvalue weighted by molar-refractivity contribution is 5.77. The van der Waals surface area contributed by atoms with E-state index in [9.17, 15) is 18.0 Å². The highest BCUT2D eigenvalue weighted by atomic mass is 19.4. The van der Waals surface area contributed by atoms with E-state index in [4.69, 9.17) is 4.74 Å². The zero-order valence-corrected chi connectivity index (χ0v) is 15.5. The number of hydrogen-bond acceptors (Lipinski definition) is 4. The molecule has 3 aromatic heterocycles. The van der Waals surface area contributed by atoms with Crippen molar-refractivity contribution in [3.8, 4) is 17.0 Å². The summed E-state index contributed by atoms with van der Waals surface area (Å²) in [5.74, 6) is 0.521. The van der Waals surface area contributed by atoms with Crippen molar-refractivity contribution in [3.63, 3.8) is 0 Å². The molecule has 4 aromatic rings. The van der Waals surface area contributed by atoms with Gasteiger partial charge in [-0.05, 0) is 17.7 Å². The van der Waals surface area contributed by atoms with Crippen LogP contribution in [0.2, 0.25) is 0 Å². The average molecular weight is 403 g/mol. The van der Waals surface area contributed by atoms with Gasteiger partial charge in [0.15, 0.2) is 5.65 Å². The van der Waals surface area contributed by atoms with Crippen LogP contribution >= 0.6 is 0 Å². The number of alkyl halides is 3. The third kappa shape index (κ3) is 3.48. The largest absolute Gasteiger partial charge is 0.471 e. The lowest BCUT2D eigenvalue weighted by Gasteiger charge is -2.10. The van der Waals surface area contributed by atoms with Crippen molar-refractivity contribution < 1.29 is 17.9 Å². The first kappa shape index (κ1) is 18.8. The minimum atomic E-state index is -4.47. The molecule has 1 aromatic carbocycles. The molecule has 3 heterocycles. The smallest absolute Gasteiger partial charge is 0.416 e. The summed E-state index contributed by atoms with van der Waals surface area (Å²) in [6.07, 6.45) is 0.113. The van der Waals surface area contributed by atoms with Gasteiger partial charge in [0, 0.05) is 38.1 Å². The Bertz CT molecular complexity index is 1250. The van der Waals surface area contributed by atoms with E-state index >= 15 is 0 Å². The molecule has 29 heavy (non-hydrogen) atoms. The SMILES string of the molecule is Cn1nccc1OCc1cn2c(=O)n(C)cc(-c3cccc(C(F)(F)F)c3)c2n1. The average Bonchev–Trinajstić information content (AvgIpc) is 3.28. The molecular formula is C19H16F3N5O2. The van der Waals surface area contributed by atoms with Gasteiger partial charge in [-0.2, -0.15) is 18.3 Å². The molecule has 7 nitrogen and oxygen atoms in total. The van der Waals surface area contributed by atoms with Crippen LogP contribution in [0.1, 0.15) is 11.3 Å². The van der Waals surface area contributed by atoms with E-state index in [1.54, 1.807) is 30.1 Å². The number of imidazole rings is 1. The van der Waals surface area contributed by atoms with Crippen LogP contribution in [-0.2, 0) is 26.9 Å². The predicted molar refractivity (Wildman–Crippen MR) is 98.4 cm³/mol. The fourth-order valence-electron chi connectivity index (χ4n) is 3.03. The lowest BCUT2D eigenvalue weighted by atomic mass is 10.1. The second kappa shape index (κ2) is 6.80. The summed E-state index contributed by atoms with van der Waals surface area (Å²) in [7, 11) is 3.26. The van der Waals surface area contributed by atoms with Gasteiger partial charge < -0.3 is 9.30 Å². The summed E-state index contributed by atoms with van der Waals surface area (Å²) in [4.78, 5) is 16.9. The Kier molecular flexibility index (Phi) is 4.40. The monoisotopic (exact) mass is 403 g/mol. The van der Waals surface area contributed by atoms with Gasteiger partial charge in [-0.1, -0.05) is 12.1 Å². The molecule has 10 heteroatoms. The molecule has 0 aliphatic heterocycles. The molecule has 0 unspecified atom stereocenters. The van der Waals surface area contributed by atoms with Crippen LogP contribution in [0, 0.1) is 0 Å². The summed E-state index contributed by atoms with van der Waals surface area (Å²) in [6.45, 7) is 0.0758. The second-order valence-electron chi connectivity index (χ2n) is 6.52. The molecule has 0 spiro atoms. The zero-order chi connectivity index (χ0) is 20.8. The second-order valence-corrected chi connectivity index (χ2v) is 6.52. The Hall–Kier alpha value is -3.56. The number of aromatic nitrogens is 5. The molecule has 4 rings (SSSR count). The maximum absolute atomic E-state index is 13.1. The van der Waals surface area contributed by atoms with Crippen molar-refractivity contribution >= 4 is 5.65 Å². The molecule has 150 valence electrons. The molecule has 0 aliphatic carbocycles. The van der Waals surface area contributed by atoms with E-state index in [1.165, 1.54) is 34.5 Å². The predicted octanol–water partition coefficient (Wildman–Crippen LogP) is 3.03. The van der Waals surface area contributed by atoms with Gasteiger partial charge in [0.25, 0.3) is 0 Å². The van der Waals surface area contributed by atoms with Crippen LogP contribution in [0.3, 0.4) is 0 Å². The Morgan fingerprint density at radius 3 is 2.62 bits per heavy atom. The molecule has 0 radical (unpaired) electrons. The van der Waals surface area contributed by atoms with Crippen molar-refractivity contribution in [2.75, 3.05) is 0 Å². The van der Waals surface area contributed by atoms with E-state index in [-0.39, 0.29) is 17.9 Å². The number of nitrogens with zero attached hydrogens (tertiary/aromatic N) is 5. The number of hydrogen-bond donors (Lipinski definition) is 0. The first-order valence-electron chi connectivity index (χ1n) is 8.60. The van der Waals surface area contributed by atoms with Crippen molar-refractivity contribution in [3.05, 3.63) is 70.7 Å². The summed E-state index contributed by atoms with van der Waals surface area (Å²) >= 11 is 0. The fraction of sp³-hybridized carbons (Fsp3) is 0.211. The standard InChI is InChI=1S/C19H16F3N5O2/c1-25-10-15(12-4-3-5-13(8-12)19(20,21)22)17-24-14(9-27(17)18(25)28)11-29-16-6-7-23-26(16)2/h3-10H,11H2,1-2H3. The number of halogens is 3. The normalized spacial score (nSPS) is 11.9. The van der Waals surface area contributed by atoms with Crippen LogP contribution in [0.4, 0.5) is 13.2 Å². The van der Waals surface area contributed by atoms with Crippen LogP contribution < -0.4 is 10.4 Å². The summed E-state index contributed by atoms with van der Waals surface area (Å²) in [6, 6.07) is 6.61. The van der Waals surface area contributed by atoms with E-state index in [2.05, 4.69) is 10.1 Å². The summed E-state index contributed by atoms with van der Waals surface area (Å²) < 4.78 is 49.1. The van der Waals surface area contributed by atoms with Gasteiger partial charge in [0.05, 0.1) is 17.5 Å². The zero-order valence-electron chi connectivity index (χ0n) is 15.5. The van der Waals surface area contributed by atoms with Crippen molar-refractivity contribution in [1.82, 2.24) is 23.7 Å². The lowest BCUT2D eigenvalue weighted by molar-refractivity contribution is -0.137. The topological polar surface area (TPSA) is 66.3 Å². The van der Waals surface area contributed by atoms with Gasteiger partial charge in [-0.15, -0.1) is 0 Å². The molecule has 0 atom stereocenters. The first-order chi connectivity index (χ1) is 13.7. The Morgan fingerprint density at radius 1 is 1.14 bits per heavy atom. The third-order valence-electron chi connectivity index (χ3n) is 4.47. The fourth-order valence-corrected chi connectivity index (χ4v) is 3.03. The van der Waals surface area contributed by atoms with E-state index < -0.39 is 11.7 Å². The van der Waals surface area contributed by atoms with Crippen molar-refractivity contribution in [1.29, 1.82) is 0 Å². The van der Waals surface area contributed by atoms with Crippen molar-refractivity contribution in [2.24, 2.45) is 14.1 Å². The van der Waals surface area contributed by atoms with Gasteiger partial charge in [0.1, 0.15) is 6.61 Å². The Labute approximate surface area is 162 Å². The molecule has 0 N–H and O–H groups in total. The van der Waals surface area contributed by atoms with E-state index in [0.717, 1.165) is 12.1 Å². The van der Waals surface area contributed by atoms with Gasteiger partial charge >= 0.3 is 11.9 Å². The van der Waals surface area contributed by atoms with Crippen LogP contribution in [0.15, 0.2) is 53.7 Å². The molecule has 0 fully saturated rings. The molecular weight excluding hydrogens is 387 g/mol. The maximum atomic E-state index is 13.1. The van der Waals surface area contributed by atoms with Gasteiger partial charge in [0.2, 0.25) is 5.88 Å². The Morgan fingerprint density at radius 2 is 1.93 bits per heavy atom. The minimum absolute atomic E-state index is 0.0758. The number of ether oxygens (including phenoxy) is 1. The molecule has 0 saturated heterocycles. The number of aryl methyl sites for hydroxylation is 2. The summed E-state index contributed by atoms with van der Waals surface area (Å²) in [5.41, 5.74) is 0.303. The van der Waals surface area contributed by atoms with Gasteiger partial charge in [-0.25, -0.2) is 14.5 Å². The van der Waals surface area contributed by atoms with Crippen molar-refractivity contribution in [2.45, 2.75) is 12.8 Å². The molecule has 0 saturated carbocycles. The maximum Gasteiger partial charge on any atom is 0.416 e. The number of fused-ring (bicyclic) bond motifs is 1. The molecule has 0 aliphatic rings. The van der Waals surface area contributed by atoms with Crippen LogP contribution in [0.25, 0.3) is 16.8 Å². The number of rotatable bonds is 4. The first-order valence-corrected chi connectivity index (χ1v) is 8.60. The highest BCUT2D eigenvalue weighted by Gasteiger charge is 2.30. The highest BCUT2D eigenvalue weighted by Crippen LogP contribution is 2.33. The Balaban J connectivity index is 1.79. The van der Waals surface area contributed by atoms with Gasteiger partial charge in [-0.3, -0.25) is 4.40 Å². The van der Waals surface area contributed by atoms with E-state index in [1.807, 2.05) is 0 Å².